The molecule has 0 saturated heterocycles. The molecule has 2 aromatic rings. The van der Waals surface area contributed by atoms with Gasteiger partial charge in [-0.15, -0.1) is 0 Å². The van der Waals surface area contributed by atoms with Crippen molar-refractivity contribution in [1.29, 1.82) is 0 Å². The van der Waals surface area contributed by atoms with Crippen LogP contribution in [0.1, 0.15) is 0 Å². The van der Waals surface area contributed by atoms with E-state index in [0.717, 1.165) is 8.95 Å². The molecule has 0 bridgehead atoms. The molecule has 0 heterocycles. The number of benzene rings is 2. The van der Waals surface area contributed by atoms with Crippen LogP contribution in [-0.2, 0) is 4.57 Å². The number of anilines is 2. The average molecular weight is 421 g/mol. The van der Waals surface area contributed by atoms with E-state index in [0.29, 0.717) is 22.9 Å². The first kappa shape index (κ1) is 15.1. The van der Waals surface area contributed by atoms with Crippen LogP contribution in [0.15, 0.2) is 45.3 Å². The summed E-state index contributed by atoms with van der Waals surface area (Å²) >= 11 is 6.52. The summed E-state index contributed by atoms with van der Waals surface area (Å²) < 4.78 is 23.6. The number of rotatable bonds is 4. The molecular weight excluding hydrogens is 411 g/mol. The fraction of sp³-hybridized carbons (Fsp3) is 0. The van der Waals surface area contributed by atoms with Gasteiger partial charge in [0.05, 0.1) is 0 Å². The molecule has 0 spiro atoms. The minimum absolute atomic E-state index is 0.358. The maximum absolute atomic E-state index is 11.8. The summed E-state index contributed by atoms with van der Waals surface area (Å²) in [6.07, 6.45) is 0. The molecule has 4 N–H and O–H groups in total. The molecule has 5 nitrogen and oxygen atoms in total. The summed E-state index contributed by atoms with van der Waals surface area (Å²) in [6.45, 7) is 0. The molecule has 104 valence electrons. The molecule has 0 aromatic heterocycles. The highest BCUT2D eigenvalue weighted by Crippen LogP contribution is 2.34. The Morgan fingerprint density at radius 3 is 1.60 bits per heavy atom. The third kappa shape index (κ3) is 3.85. The Morgan fingerprint density at radius 1 is 0.850 bits per heavy atom. The molecule has 0 unspecified atom stereocenters. The predicted molar refractivity (Wildman–Crippen MR) is 86.0 cm³/mol. The van der Waals surface area contributed by atoms with E-state index < -0.39 is 8.25 Å². The Morgan fingerprint density at radius 2 is 1.25 bits per heavy atom. The highest BCUT2D eigenvalue weighted by Gasteiger charge is 2.24. The van der Waals surface area contributed by atoms with E-state index in [1.54, 1.807) is 36.4 Å². The van der Waals surface area contributed by atoms with Crippen molar-refractivity contribution in [2.45, 2.75) is 0 Å². The zero-order chi connectivity index (χ0) is 14.7. The predicted octanol–water partition coefficient (Wildman–Crippen LogP) is 4.49. The summed E-state index contributed by atoms with van der Waals surface area (Å²) in [5.41, 5.74) is 12.4. The molecule has 0 aliphatic heterocycles. The second-order valence-electron chi connectivity index (χ2n) is 3.77. The summed E-state index contributed by atoms with van der Waals surface area (Å²) in [5.74, 6) is 0.716. The van der Waals surface area contributed by atoms with Gasteiger partial charge in [-0.2, -0.15) is 0 Å². The lowest BCUT2D eigenvalue weighted by molar-refractivity contribution is 0.416. The van der Waals surface area contributed by atoms with Gasteiger partial charge in [-0.1, -0.05) is 0 Å². The monoisotopic (exact) mass is 419 g/mol. The lowest BCUT2D eigenvalue weighted by atomic mass is 10.3. The first-order valence-electron chi connectivity index (χ1n) is 5.39. The average Bonchev–Trinajstić information content (AvgIpc) is 2.38. The first-order chi connectivity index (χ1) is 9.45. The molecule has 2 aromatic carbocycles. The molecule has 0 amide bonds. The first-order valence-corrected chi connectivity index (χ1v) is 8.07. The second kappa shape index (κ2) is 6.43. The maximum Gasteiger partial charge on any atom is 0.805 e. The number of hydrogen-bond acceptors (Lipinski definition) is 5. The molecule has 20 heavy (non-hydrogen) atoms. The Hall–Kier alpha value is -1.30. The van der Waals surface area contributed by atoms with Crippen LogP contribution in [0.4, 0.5) is 11.4 Å². The normalized spacial score (nSPS) is 10.1. The summed E-state index contributed by atoms with van der Waals surface area (Å²) in [7, 11) is -2.37. The quantitative estimate of drug-likeness (QED) is 0.561. The van der Waals surface area contributed by atoms with Gasteiger partial charge in [0.25, 0.3) is 0 Å². The second-order valence-corrected chi connectivity index (χ2v) is 6.29. The number of nitrogen functional groups attached to an aromatic ring is 2. The highest BCUT2D eigenvalue weighted by atomic mass is 79.9. The molecule has 0 aliphatic carbocycles. The van der Waals surface area contributed by atoms with E-state index >= 15 is 0 Å². The van der Waals surface area contributed by atoms with Gasteiger partial charge in [0.15, 0.2) is 11.5 Å². The molecule has 0 aliphatic rings. The molecule has 8 heteroatoms. The van der Waals surface area contributed by atoms with Gasteiger partial charge in [-0.05, 0) is 56.1 Å². The fourth-order valence-corrected chi connectivity index (χ4v) is 2.45. The highest BCUT2D eigenvalue weighted by molar-refractivity contribution is 9.11. The Kier molecular flexibility index (Phi) is 4.86. The van der Waals surface area contributed by atoms with Gasteiger partial charge in [0.2, 0.25) is 0 Å². The smallest absolute Gasteiger partial charge is 0.398 e. The van der Waals surface area contributed by atoms with Gasteiger partial charge >= 0.3 is 8.25 Å². The largest absolute Gasteiger partial charge is 0.805 e. The van der Waals surface area contributed by atoms with Crippen LogP contribution in [0.5, 0.6) is 11.5 Å². The Labute approximate surface area is 133 Å². The number of halogens is 2. The van der Waals surface area contributed by atoms with Crippen molar-refractivity contribution in [2.24, 2.45) is 0 Å². The molecular formula is C12H10Br2N2O3P+. The zero-order valence-corrected chi connectivity index (χ0v) is 14.1. The SMILES string of the molecule is Nc1cc(O[P+](=O)Oc2ccc(Br)c(N)c2)ccc1Br. The van der Waals surface area contributed by atoms with Crippen LogP contribution in [-0.4, -0.2) is 0 Å². The minimum Gasteiger partial charge on any atom is -0.398 e. The van der Waals surface area contributed by atoms with Gasteiger partial charge in [-0.25, -0.2) is 9.05 Å². The van der Waals surface area contributed by atoms with E-state index in [-0.39, 0.29) is 0 Å². The van der Waals surface area contributed by atoms with Crippen molar-refractivity contribution < 1.29 is 13.6 Å². The maximum atomic E-state index is 11.8. The molecule has 0 atom stereocenters. The van der Waals surface area contributed by atoms with Gasteiger partial charge in [0.1, 0.15) is 0 Å². The van der Waals surface area contributed by atoms with E-state index in [2.05, 4.69) is 31.9 Å². The zero-order valence-electron chi connectivity index (χ0n) is 10.0. The summed E-state index contributed by atoms with van der Waals surface area (Å²) in [6, 6.07) is 9.77. The van der Waals surface area contributed by atoms with Crippen LogP contribution in [0, 0.1) is 0 Å². The summed E-state index contributed by atoms with van der Waals surface area (Å²) in [5, 5.41) is 0. The molecule has 0 fully saturated rings. The fourth-order valence-electron chi connectivity index (χ4n) is 1.35. The van der Waals surface area contributed by atoms with Crippen LogP contribution >= 0.6 is 40.1 Å². The van der Waals surface area contributed by atoms with Crippen molar-refractivity contribution in [3.8, 4) is 11.5 Å². The van der Waals surface area contributed by atoms with Crippen molar-refractivity contribution in [3.05, 3.63) is 45.3 Å². The van der Waals surface area contributed by atoms with Crippen LogP contribution in [0.3, 0.4) is 0 Å². The minimum atomic E-state index is -2.37. The van der Waals surface area contributed by atoms with Gasteiger partial charge < -0.3 is 11.5 Å². The third-order valence-electron chi connectivity index (χ3n) is 2.29. The standard InChI is InChI=1S/C12H10Br2N2O3P/c13-9-3-1-7(5-11(9)15)18-20(17)19-8-2-4-10(14)12(16)6-8/h1-6H,15-16H2/q+1. The van der Waals surface area contributed by atoms with Crippen molar-refractivity contribution in [3.63, 3.8) is 0 Å². The van der Waals surface area contributed by atoms with Crippen LogP contribution < -0.4 is 20.5 Å². The Bertz CT molecular complexity index is 612. The number of hydrogen-bond donors (Lipinski definition) is 2. The number of nitrogens with two attached hydrogens (primary N) is 2. The van der Waals surface area contributed by atoms with Crippen molar-refractivity contribution in [1.82, 2.24) is 0 Å². The third-order valence-corrected chi connectivity index (χ3v) is 4.46. The molecule has 0 radical (unpaired) electrons. The lowest BCUT2D eigenvalue weighted by Gasteiger charge is -2.00. The summed E-state index contributed by atoms with van der Waals surface area (Å²) in [4.78, 5) is 0. The van der Waals surface area contributed by atoms with E-state index in [9.17, 15) is 4.57 Å². The van der Waals surface area contributed by atoms with E-state index in [4.69, 9.17) is 20.5 Å². The Balaban J connectivity index is 2.04. The van der Waals surface area contributed by atoms with Crippen LogP contribution in [0.2, 0.25) is 0 Å². The molecule has 0 saturated carbocycles. The lowest BCUT2D eigenvalue weighted by Crippen LogP contribution is -1.92. The van der Waals surface area contributed by atoms with Gasteiger partial charge in [0, 0.05) is 37.0 Å². The van der Waals surface area contributed by atoms with Crippen molar-refractivity contribution >= 4 is 51.5 Å². The topological polar surface area (TPSA) is 87.6 Å². The van der Waals surface area contributed by atoms with E-state index in [1.165, 1.54) is 0 Å². The molecule has 2 rings (SSSR count). The van der Waals surface area contributed by atoms with Gasteiger partial charge in [-0.3, -0.25) is 0 Å². The van der Waals surface area contributed by atoms with Crippen LogP contribution in [0.25, 0.3) is 0 Å². The van der Waals surface area contributed by atoms with E-state index in [1.807, 2.05) is 0 Å². The van der Waals surface area contributed by atoms with Crippen molar-refractivity contribution in [2.75, 3.05) is 11.5 Å².